The summed E-state index contributed by atoms with van der Waals surface area (Å²) >= 11 is 0. The van der Waals surface area contributed by atoms with Gasteiger partial charge in [0.25, 0.3) is 0 Å². The fraction of sp³-hybridized carbons (Fsp3) is 0.533. The van der Waals surface area contributed by atoms with E-state index in [0.29, 0.717) is 11.3 Å². The number of carboxylic acids is 1. The highest BCUT2D eigenvalue weighted by atomic mass is 16.4. The van der Waals surface area contributed by atoms with Crippen LogP contribution in [0.25, 0.3) is 0 Å². The van der Waals surface area contributed by atoms with E-state index < -0.39 is 5.97 Å². The van der Waals surface area contributed by atoms with Crippen LogP contribution in [0.4, 0.5) is 5.69 Å². The van der Waals surface area contributed by atoms with Crippen LogP contribution in [0.15, 0.2) is 18.2 Å². The molecule has 1 rings (SSSR count). The standard InChI is InChI=1S/C15H24N2O2/c1-5-17(6-2)10-12(4)16-14-8-7-11(3)9-13(14)15(18)19/h7-9,12,16H,5-6,10H2,1-4H3,(H,18,19). The van der Waals surface area contributed by atoms with Gasteiger partial charge in [-0.05, 0) is 39.1 Å². The maximum Gasteiger partial charge on any atom is 0.337 e. The van der Waals surface area contributed by atoms with E-state index in [2.05, 4.69) is 31.0 Å². The van der Waals surface area contributed by atoms with Gasteiger partial charge in [0.1, 0.15) is 0 Å². The average molecular weight is 264 g/mol. The minimum atomic E-state index is -0.888. The molecule has 0 aromatic heterocycles. The molecule has 4 heteroatoms. The van der Waals surface area contributed by atoms with Crippen LogP contribution < -0.4 is 5.32 Å². The van der Waals surface area contributed by atoms with Crippen LogP contribution in [0.5, 0.6) is 0 Å². The van der Waals surface area contributed by atoms with Crippen molar-refractivity contribution in [2.45, 2.75) is 33.7 Å². The first kappa shape index (κ1) is 15.5. The number of likely N-dealkylation sites (N-methyl/N-ethyl adjacent to an activating group) is 1. The molecule has 0 aliphatic heterocycles. The SMILES string of the molecule is CCN(CC)CC(C)Nc1ccc(C)cc1C(=O)O. The zero-order valence-electron chi connectivity index (χ0n) is 12.2. The van der Waals surface area contributed by atoms with Gasteiger partial charge in [0.05, 0.1) is 5.56 Å². The van der Waals surface area contributed by atoms with Gasteiger partial charge in [0.15, 0.2) is 0 Å². The van der Waals surface area contributed by atoms with E-state index in [9.17, 15) is 9.90 Å². The second-order valence-corrected chi connectivity index (χ2v) is 4.89. The van der Waals surface area contributed by atoms with E-state index in [-0.39, 0.29) is 6.04 Å². The summed E-state index contributed by atoms with van der Waals surface area (Å²) in [5, 5.41) is 12.5. The Kier molecular flexibility index (Phi) is 5.83. The number of nitrogens with one attached hydrogen (secondary N) is 1. The van der Waals surface area contributed by atoms with Crippen LogP contribution >= 0.6 is 0 Å². The van der Waals surface area contributed by atoms with Gasteiger partial charge in [-0.25, -0.2) is 4.79 Å². The lowest BCUT2D eigenvalue weighted by molar-refractivity contribution is 0.0698. The molecule has 0 spiro atoms. The fourth-order valence-corrected chi connectivity index (χ4v) is 2.14. The molecular weight excluding hydrogens is 240 g/mol. The number of nitrogens with zero attached hydrogens (tertiary/aromatic N) is 1. The van der Waals surface area contributed by atoms with Crippen molar-refractivity contribution < 1.29 is 9.90 Å². The van der Waals surface area contributed by atoms with Crippen molar-refractivity contribution in [2.75, 3.05) is 25.0 Å². The summed E-state index contributed by atoms with van der Waals surface area (Å²) in [6.07, 6.45) is 0. The van der Waals surface area contributed by atoms with Gasteiger partial charge in [-0.2, -0.15) is 0 Å². The van der Waals surface area contributed by atoms with E-state index in [1.165, 1.54) is 0 Å². The molecule has 0 fully saturated rings. The second-order valence-electron chi connectivity index (χ2n) is 4.89. The van der Waals surface area contributed by atoms with Crippen LogP contribution in [0.2, 0.25) is 0 Å². The number of aryl methyl sites for hydroxylation is 1. The van der Waals surface area contributed by atoms with Gasteiger partial charge in [-0.3, -0.25) is 0 Å². The molecule has 0 aliphatic carbocycles. The number of hydrogen-bond donors (Lipinski definition) is 2. The first-order valence-electron chi connectivity index (χ1n) is 6.80. The van der Waals surface area contributed by atoms with Crippen molar-refractivity contribution in [2.24, 2.45) is 0 Å². The molecule has 2 N–H and O–H groups in total. The van der Waals surface area contributed by atoms with Gasteiger partial charge < -0.3 is 15.3 Å². The molecular formula is C15H24N2O2. The second kappa shape index (κ2) is 7.14. The summed E-state index contributed by atoms with van der Waals surface area (Å²) in [4.78, 5) is 13.6. The highest BCUT2D eigenvalue weighted by Crippen LogP contribution is 2.18. The van der Waals surface area contributed by atoms with Crippen LogP contribution in [0.3, 0.4) is 0 Å². The monoisotopic (exact) mass is 264 g/mol. The van der Waals surface area contributed by atoms with Crippen LogP contribution in [0, 0.1) is 6.92 Å². The minimum Gasteiger partial charge on any atom is -0.478 e. The summed E-state index contributed by atoms with van der Waals surface area (Å²) in [5.74, 6) is -0.888. The lowest BCUT2D eigenvalue weighted by Crippen LogP contribution is -2.35. The number of anilines is 1. The Hall–Kier alpha value is -1.55. The smallest absolute Gasteiger partial charge is 0.337 e. The maximum absolute atomic E-state index is 11.2. The van der Waals surface area contributed by atoms with Crippen molar-refractivity contribution in [1.29, 1.82) is 0 Å². The van der Waals surface area contributed by atoms with Crippen LogP contribution in [-0.2, 0) is 0 Å². The Morgan fingerprint density at radius 2 is 2.00 bits per heavy atom. The maximum atomic E-state index is 11.2. The number of rotatable bonds is 7. The fourth-order valence-electron chi connectivity index (χ4n) is 2.14. The lowest BCUT2D eigenvalue weighted by Gasteiger charge is -2.24. The number of carbonyl (C=O) groups is 1. The summed E-state index contributed by atoms with van der Waals surface area (Å²) in [5.41, 5.74) is 1.99. The zero-order valence-corrected chi connectivity index (χ0v) is 12.2. The van der Waals surface area contributed by atoms with E-state index in [1.807, 2.05) is 19.1 Å². The highest BCUT2D eigenvalue weighted by Gasteiger charge is 2.13. The molecule has 19 heavy (non-hydrogen) atoms. The predicted molar refractivity (Wildman–Crippen MR) is 79.0 cm³/mol. The Labute approximate surface area is 115 Å². The summed E-state index contributed by atoms with van der Waals surface area (Å²) in [6.45, 7) is 11.1. The van der Waals surface area contributed by atoms with Crippen molar-refractivity contribution >= 4 is 11.7 Å². The highest BCUT2D eigenvalue weighted by molar-refractivity contribution is 5.94. The molecule has 1 unspecified atom stereocenters. The van der Waals surface area contributed by atoms with Crippen molar-refractivity contribution in [1.82, 2.24) is 4.90 Å². The molecule has 1 aromatic rings. The van der Waals surface area contributed by atoms with Gasteiger partial charge in [-0.1, -0.05) is 25.5 Å². The Balaban J connectivity index is 2.78. The van der Waals surface area contributed by atoms with Gasteiger partial charge in [-0.15, -0.1) is 0 Å². The third-order valence-corrected chi connectivity index (χ3v) is 3.23. The first-order chi connectivity index (χ1) is 8.97. The Bertz CT molecular complexity index is 428. The largest absolute Gasteiger partial charge is 0.478 e. The first-order valence-corrected chi connectivity index (χ1v) is 6.80. The normalized spacial score (nSPS) is 12.5. The van der Waals surface area contributed by atoms with E-state index in [1.54, 1.807) is 6.07 Å². The Morgan fingerprint density at radius 1 is 1.37 bits per heavy atom. The molecule has 0 bridgehead atoms. The van der Waals surface area contributed by atoms with E-state index in [4.69, 9.17) is 0 Å². The van der Waals surface area contributed by atoms with Gasteiger partial charge in [0, 0.05) is 18.3 Å². The quantitative estimate of drug-likeness (QED) is 0.795. The van der Waals surface area contributed by atoms with Crippen molar-refractivity contribution in [3.05, 3.63) is 29.3 Å². The minimum absolute atomic E-state index is 0.209. The van der Waals surface area contributed by atoms with Crippen LogP contribution in [0.1, 0.15) is 36.7 Å². The molecule has 0 saturated heterocycles. The summed E-state index contributed by atoms with van der Waals surface area (Å²) in [7, 11) is 0. The average Bonchev–Trinajstić information content (AvgIpc) is 2.37. The summed E-state index contributed by atoms with van der Waals surface area (Å²) in [6, 6.07) is 5.69. The van der Waals surface area contributed by atoms with Crippen LogP contribution in [-0.4, -0.2) is 41.7 Å². The van der Waals surface area contributed by atoms with E-state index in [0.717, 1.165) is 25.2 Å². The number of hydrogen-bond acceptors (Lipinski definition) is 3. The molecule has 106 valence electrons. The third kappa shape index (κ3) is 4.56. The number of benzene rings is 1. The van der Waals surface area contributed by atoms with Crippen molar-refractivity contribution in [3.8, 4) is 0 Å². The molecule has 0 amide bonds. The van der Waals surface area contributed by atoms with Crippen molar-refractivity contribution in [3.63, 3.8) is 0 Å². The molecule has 0 radical (unpaired) electrons. The molecule has 0 aliphatic rings. The third-order valence-electron chi connectivity index (χ3n) is 3.23. The number of carboxylic acid groups (broad SMARTS) is 1. The molecule has 0 saturated carbocycles. The number of aromatic carboxylic acids is 1. The van der Waals surface area contributed by atoms with Gasteiger partial charge >= 0.3 is 5.97 Å². The Morgan fingerprint density at radius 3 is 2.53 bits per heavy atom. The topological polar surface area (TPSA) is 52.6 Å². The van der Waals surface area contributed by atoms with E-state index >= 15 is 0 Å². The molecule has 1 atom stereocenters. The van der Waals surface area contributed by atoms with Gasteiger partial charge in [0.2, 0.25) is 0 Å². The molecule has 1 aromatic carbocycles. The molecule has 4 nitrogen and oxygen atoms in total. The zero-order chi connectivity index (χ0) is 14.4. The predicted octanol–water partition coefficient (Wildman–Crippen LogP) is 2.84. The summed E-state index contributed by atoms with van der Waals surface area (Å²) < 4.78 is 0. The lowest BCUT2D eigenvalue weighted by atomic mass is 10.1. The molecule has 0 heterocycles.